The van der Waals surface area contributed by atoms with Crippen molar-refractivity contribution in [1.29, 1.82) is 0 Å². The molecule has 6 rings (SSSR count). The van der Waals surface area contributed by atoms with Gasteiger partial charge in [-0.1, -0.05) is 42.4 Å². The van der Waals surface area contributed by atoms with Crippen molar-refractivity contribution in [3.8, 4) is 11.1 Å². The fraction of sp³-hybridized carbons (Fsp3) is 0.167. The highest BCUT2D eigenvalue weighted by molar-refractivity contribution is 6.58. The highest BCUT2D eigenvalue weighted by atomic mass is 16.4. The van der Waals surface area contributed by atoms with Gasteiger partial charge in [-0.3, -0.25) is 4.79 Å². The molecule has 9 nitrogen and oxygen atoms in total. The third-order valence-corrected chi connectivity index (χ3v) is 9.07. The van der Waals surface area contributed by atoms with Crippen LogP contribution >= 0.6 is 0 Å². The van der Waals surface area contributed by atoms with Crippen LogP contribution < -0.4 is 34.5 Å². The molecular formula is C42H45B2N5O4+4. The highest BCUT2D eigenvalue weighted by Crippen LogP contribution is 2.16. The Bertz CT molecular complexity index is 2160. The first kappa shape index (κ1) is 37.0. The maximum atomic E-state index is 11.7. The van der Waals surface area contributed by atoms with Crippen molar-refractivity contribution in [3.05, 3.63) is 181 Å². The van der Waals surface area contributed by atoms with Gasteiger partial charge in [0.2, 0.25) is 5.91 Å². The van der Waals surface area contributed by atoms with Gasteiger partial charge < -0.3 is 20.4 Å². The summed E-state index contributed by atoms with van der Waals surface area (Å²) in [6, 6.07) is 30.6. The lowest BCUT2D eigenvalue weighted by Crippen LogP contribution is -2.37. The van der Waals surface area contributed by atoms with Gasteiger partial charge in [0.05, 0.1) is 0 Å². The number of amides is 1. The number of carbonyl (C=O) groups excluding carboxylic acids is 1. The number of hydrogen-bond donors (Lipinski definition) is 4. The summed E-state index contributed by atoms with van der Waals surface area (Å²) < 4.78 is 8.39. The minimum Gasteiger partial charge on any atom is -0.449 e. The first-order chi connectivity index (χ1) is 25.7. The zero-order chi connectivity index (χ0) is 37.2. The van der Waals surface area contributed by atoms with E-state index in [1.54, 1.807) is 6.92 Å². The van der Waals surface area contributed by atoms with E-state index in [0.29, 0.717) is 43.6 Å². The standard InChI is InChI=1S/C42H44B2N5O4/c1-32(2)42(50)45-13-6-33-7-16-47(17-8-33)30-36-23-37(27-41(26-36)44(52)53)31-49-20-11-39(12-21-49)38-9-18-48(19-10-38)29-35-22-34(24-40(25-35)43-51)28-46-14-4-3-5-15-46/h3-5,7-12,14-27,43,51-53H,1,6,13,28-31H2,2H3/q+3/p+1. The summed E-state index contributed by atoms with van der Waals surface area (Å²) in [5.74, 6) is -0.136. The van der Waals surface area contributed by atoms with Gasteiger partial charge in [-0.25, -0.2) is 18.3 Å². The third-order valence-electron chi connectivity index (χ3n) is 9.07. The minimum absolute atomic E-state index is 0.00305. The topological polar surface area (TPSA) is 105 Å². The fourth-order valence-electron chi connectivity index (χ4n) is 6.36. The molecule has 1 amide bonds. The maximum Gasteiger partial charge on any atom is 0.488 e. The average molecular weight is 705 g/mol. The predicted octanol–water partition coefficient (Wildman–Crippen LogP) is 0.581. The summed E-state index contributed by atoms with van der Waals surface area (Å²) in [5, 5.41) is 32.8. The molecule has 11 heteroatoms. The fourth-order valence-corrected chi connectivity index (χ4v) is 6.36. The molecular weight excluding hydrogens is 660 g/mol. The van der Waals surface area contributed by atoms with Gasteiger partial charge in [0.1, 0.15) is 0 Å². The second kappa shape index (κ2) is 17.7. The van der Waals surface area contributed by atoms with Crippen LogP contribution in [0.1, 0.15) is 34.7 Å². The molecule has 53 heavy (non-hydrogen) atoms. The van der Waals surface area contributed by atoms with Crippen LogP contribution in [0.2, 0.25) is 0 Å². The van der Waals surface area contributed by atoms with Crippen LogP contribution in [0.15, 0.2) is 153 Å². The van der Waals surface area contributed by atoms with E-state index in [9.17, 15) is 19.9 Å². The molecule has 0 atom stereocenters. The van der Waals surface area contributed by atoms with Crippen molar-refractivity contribution >= 4 is 31.4 Å². The van der Waals surface area contributed by atoms with Gasteiger partial charge in [-0.2, -0.15) is 0 Å². The van der Waals surface area contributed by atoms with E-state index in [1.165, 1.54) is 0 Å². The molecule has 0 spiro atoms. The van der Waals surface area contributed by atoms with Crippen molar-refractivity contribution in [2.75, 3.05) is 6.54 Å². The Labute approximate surface area is 311 Å². The van der Waals surface area contributed by atoms with E-state index in [1.807, 2.05) is 84.2 Å². The number of rotatable bonds is 15. The predicted molar refractivity (Wildman–Crippen MR) is 205 cm³/mol. The normalized spacial score (nSPS) is 10.9. The molecule has 0 bridgehead atoms. The van der Waals surface area contributed by atoms with E-state index in [0.717, 1.165) is 51.0 Å². The first-order valence-corrected chi connectivity index (χ1v) is 17.8. The lowest BCUT2D eigenvalue weighted by Gasteiger charge is -2.08. The monoisotopic (exact) mass is 705 g/mol. The van der Waals surface area contributed by atoms with E-state index in [4.69, 9.17) is 0 Å². The Morgan fingerprint density at radius 2 is 1.08 bits per heavy atom. The Balaban J connectivity index is 1.08. The van der Waals surface area contributed by atoms with Gasteiger partial charge in [0.15, 0.2) is 75.8 Å². The summed E-state index contributed by atoms with van der Waals surface area (Å²) >= 11 is 0. The average Bonchev–Trinajstić information content (AvgIpc) is 3.16. The smallest absolute Gasteiger partial charge is 0.449 e. The third kappa shape index (κ3) is 10.6. The van der Waals surface area contributed by atoms with Gasteiger partial charge >= 0.3 is 14.6 Å². The number of nitrogens with zero attached hydrogens (tertiary/aromatic N) is 4. The van der Waals surface area contributed by atoms with Crippen molar-refractivity contribution in [3.63, 3.8) is 0 Å². The van der Waals surface area contributed by atoms with E-state index < -0.39 is 7.12 Å². The van der Waals surface area contributed by atoms with E-state index in [-0.39, 0.29) is 13.4 Å². The van der Waals surface area contributed by atoms with Crippen LogP contribution in [0.5, 0.6) is 0 Å². The number of hydrogen-bond acceptors (Lipinski definition) is 4. The molecule has 0 radical (unpaired) electrons. The maximum absolute atomic E-state index is 11.7. The van der Waals surface area contributed by atoms with Crippen molar-refractivity contribution in [2.24, 2.45) is 0 Å². The molecule has 4 aromatic heterocycles. The molecule has 0 aliphatic carbocycles. The number of pyridine rings is 4. The Morgan fingerprint density at radius 1 is 0.642 bits per heavy atom. The van der Waals surface area contributed by atoms with Gasteiger partial charge in [0.25, 0.3) is 0 Å². The number of benzene rings is 2. The molecule has 264 valence electrons. The summed E-state index contributed by atoms with van der Waals surface area (Å²) in [7, 11) is -1.57. The number of carbonyl (C=O) groups is 1. The van der Waals surface area contributed by atoms with E-state index in [2.05, 4.69) is 86.5 Å². The molecule has 2 aromatic carbocycles. The van der Waals surface area contributed by atoms with E-state index >= 15 is 0 Å². The summed E-state index contributed by atoms with van der Waals surface area (Å²) in [6.07, 6.45) is 17.0. The van der Waals surface area contributed by atoms with Crippen LogP contribution in [0, 0.1) is 0 Å². The number of nitrogens with one attached hydrogen (secondary N) is 1. The van der Waals surface area contributed by atoms with Gasteiger partial charge in [-0.15, -0.1) is 0 Å². The van der Waals surface area contributed by atoms with Crippen molar-refractivity contribution in [2.45, 2.75) is 39.5 Å². The zero-order valence-corrected chi connectivity index (χ0v) is 30.1. The van der Waals surface area contributed by atoms with Crippen LogP contribution in [-0.4, -0.2) is 42.1 Å². The summed E-state index contributed by atoms with van der Waals surface area (Å²) in [6.45, 7) is 8.47. The minimum atomic E-state index is -1.57. The molecule has 0 saturated heterocycles. The second-order valence-corrected chi connectivity index (χ2v) is 13.5. The van der Waals surface area contributed by atoms with Crippen LogP contribution in [0.4, 0.5) is 0 Å². The quantitative estimate of drug-likeness (QED) is 0.0714. The molecule has 6 aromatic rings. The molecule has 0 saturated carbocycles. The van der Waals surface area contributed by atoms with Gasteiger partial charge in [0, 0.05) is 82.9 Å². The van der Waals surface area contributed by atoms with Crippen molar-refractivity contribution < 1.29 is 38.1 Å². The zero-order valence-electron chi connectivity index (χ0n) is 30.1. The van der Waals surface area contributed by atoms with Crippen molar-refractivity contribution in [1.82, 2.24) is 5.32 Å². The lowest BCUT2D eigenvalue weighted by molar-refractivity contribution is -0.689. The first-order valence-electron chi connectivity index (χ1n) is 17.8. The Kier molecular flexibility index (Phi) is 12.3. The number of aromatic nitrogens is 4. The molecule has 0 unspecified atom stereocenters. The van der Waals surface area contributed by atoms with Crippen LogP contribution in [-0.2, 0) is 37.4 Å². The molecule has 0 aliphatic rings. The van der Waals surface area contributed by atoms with Crippen LogP contribution in [0.25, 0.3) is 11.1 Å². The summed E-state index contributed by atoms with van der Waals surface area (Å²) in [4.78, 5) is 11.7. The Morgan fingerprint density at radius 3 is 1.51 bits per heavy atom. The molecule has 0 fully saturated rings. The Hall–Kier alpha value is -5.74. The highest BCUT2D eigenvalue weighted by Gasteiger charge is 2.17. The second-order valence-electron chi connectivity index (χ2n) is 13.5. The largest absolute Gasteiger partial charge is 0.488 e. The summed E-state index contributed by atoms with van der Waals surface area (Å²) in [5.41, 5.74) is 9.36. The van der Waals surface area contributed by atoms with Gasteiger partial charge in [-0.05, 0) is 47.6 Å². The SMILES string of the molecule is C=C(C)C(=O)NCCc1cc[n+](Cc2cc(C[n+]3ccc(-c4cc[n+](Cc5cc(BO)cc(C[n+]6ccccc6)c5)cc4)cc3)cc(B(O)O)c2)cc1. The van der Waals surface area contributed by atoms with Crippen LogP contribution in [0.3, 0.4) is 0 Å². The molecule has 4 N–H and O–H groups in total. The lowest BCUT2D eigenvalue weighted by atomic mass is 9.78. The molecule has 4 heterocycles. The molecule has 0 aliphatic heterocycles.